The molecule has 1 atom stereocenters. The van der Waals surface area contributed by atoms with E-state index in [4.69, 9.17) is 5.11 Å². The van der Waals surface area contributed by atoms with E-state index in [1.54, 1.807) is 0 Å². The van der Waals surface area contributed by atoms with Gasteiger partial charge in [0.05, 0.1) is 15.7 Å². The lowest BCUT2D eigenvalue weighted by Gasteiger charge is -2.14. The number of hydrogen-bond donors (Lipinski definition) is 2. The monoisotopic (exact) mass is 315 g/mol. The van der Waals surface area contributed by atoms with Gasteiger partial charge in [-0.3, -0.25) is 0 Å². The summed E-state index contributed by atoms with van der Waals surface area (Å²) >= 11 is 2.98. The van der Waals surface area contributed by atoms with Gasteiger partial charge in [-0.05, 0) is 52.7 Å². The first-order chi connectivity index (χ1) is 8.50. The number of nitrogens with one attached hydrogen (secondary N) is 1. The van der Waals surface area contributed by atoms with Crippen molar-refractivity contribution in [2.24, 2.45) is 11.8 Å². The first kappa shape index (κ1) is 13.3. The normalized spacial score (nSPS) is 16.4. The van der Waals surface area contributed by atoms with Gasteiger partial charge >= 0.3 is 5.97 Å². The number of hydrogen-bond acceptors (Lipinski definition) is 2. The van der Waals surface area contributed by atoms with Crippen molar-refractivity contribution >= 4 is 27.6 Å². The number of carboxylic acid groups (broad SMARTS) is 1. The Balaban J connectivity index is 2.08. The minimum Gasteiger partial charge on any atom is -0.478 e. The summed E-state index contributed by atoms with van der Waals surface area (Å²) < 4.78 is 13.9. The Morgan fingerprint density at radius 3 is 2.83 bits per heavy atom. The first-order valence-electron chi connectivity index (χ1n) is 5.96. The number of benzene rings is 1. The second-order valence-electron chi connectivity index (χ2n) is 4.79. The number of carbonyl (C=O) groups is 1. The third-order valence-electron chi connectivity index (χ3n) is 3.35. The molecule has 1 aromatic rings. The maximum Gasteiger partial charge on any atom is 0.336 e. The van der Waals surface area contributed by atoms with Crippen molar-refractivity contribution in [3.63, 3.8) is 0 Å². The predicted octanol–water partition coefficient (Wildman–Crippen LogP) is 3.74. The summed E-state index contributed by atoms with van der Waals surface area (Å²) in [5.41, 5.74) is 0.285. The number of anilines is 1. The topological polar surface area (TPSA) is 49.3 Å². The molecule has 1 aliphatic rings. The van der Waals surface area contributed by atoms with Crippen molar-refractivity contribution in [3.05, 3.63) is 28.0 Å². The van der Waals surface area contributed by atoms with Crippen LogP contribution in [0.3, 0.4) is 0 Å². The molecule has 0 saturated heterocycles. The van der Waals surface area contributed by atoms with Crippen LogP contribution in [0, 0.1) is 17.7 Å². The average Bonchev–Trinajstić information content (AvgIpc) is 3.14. The molecular formula is C13H15BrFNO2. The van der Waals surface area contributed by atoms with Crippen LogP contribution in [-0.2, 0) is 0 Å². The van der Waals surface area contributed by atoms with Crippen molar-refractivity contribution in [3.8, 4) is 0 Å². The Kier molecular flexibility index (Phi) is 3.90. The van der Waals surface area contributed by atoms with Crippen LogP contribution in [0.15, 0.2) is 16.6 Å². The van der Waals surface area contributed by atoms with Gasteiger partial charge in [0.15, 0.2) is 5.82 Å². The summed E-state index contributed by atoms with van der Waals surface area (Å²) in [5.74, 6) is -0.416. The number of rotatable bonds is 5. The third kappa shape index (κ3) is 2.83. The van der Waals surface area contributed by atoms with Crippen molar-refractivity contribution < 1.29 is 14.3 Å². The van der Waals surface area contributed by atoms with Crippen LogP contribution in [0.2, 0.25) is 0 Å². The van der Waals surface area contributed by atoms with Crippen molar-refractivity contribution in [2.75, 3.05) is 11.9 Å². The molecule has 1 aliphatic carbocycles. The van der Waals surface area contributed by atoms with Crippen LogP contribution in [0.5, 0.6) is 0 Å². The molecule has 18 heavy (non-hydrogen) atoms. The molecule has 1 aromatic carbocycles. The van der Waals surface area contributed by atoms with Crippen LogP contribution in [0.1, 0.15) is 30.1 Å². The Hall–Kier alpha value is -1.10. The first-order valence-corrected chi connectivity index (χ1v) is 6.75. The van der Waals surface area contributed by atoms with Crippen LogP contribution < -0.4 is 5.32 Å². The van der Waals surface area contributed by atoms with Crippen LogP contribution in [0.4, 0.5) is 10.1 Å². The molecule has 2 rings (SSSR count). The molecule has 1 unspecified atom stereocenters. The summed E-state index contributed by atoms with van der Waals surface area (Å²) in [5, 5.41) is 11.9. The predicted molar refractivity (Wildman–Crippen MR) is 71.4 cm³/mol. The molecule has 2 N–H and O–H groups in total. The van der Waals surface area contributed by atoms with Gasteiger partial charge < -0.3 is 10.4 Å². The van der Waals surface area contributed by atoms with Gasteiger partial charge in [0, 0.05) is 6.54 Å². The van der Waals surface area contributed by atoms with Gasteiger partial charge in [-0.25, -0.2) is 9.18 Å². The number of aromatic carboxylic acids is 1. The Morgan fingerprint density at radius 1 is 1.61 bits per heavy atom. The Bertz CT molecular complexity index is 474. The van der Waals surface area contributed by atoms with E-state index in [1.807, 2.05) is 0 Å². The SMILES string of the molecule is CC(CNc1ccc(C(=O)O)c(Br)c1F)C1CC1. The van der Waals surface area contributed by atoms with Gasteiger partial charge in [0.25, 0.3) is 0 Å². The fourth-order valence-electron chi connectivity index (χ4n) is 1.95. The smallest absolute Gasteiger partial charge is 0.336 e. The van der Waals surface area contributed by atoms with Crippen molar-refractivity contribution in [1.82, 2.24) is 0 Å². The Labute approximate surface area is 114 Å². The molecule has 0 bridgehead atoms. The zero-order valence-electron chi connectivity index (χ0n) is 10.0. The van der Waals surface area contributed by atoms with E-state index in [1.165, 1.54) is 25.0 Å². The summed E-state index contributed by atoms with van der Waals surface area (Å²) in [7, 11) is 0. The van der Waals surface area contributed by atoms with E-state index in [2.05, 4.69) is 28.2 Å². The standard InChI is InChI=1S/C13H15BrFNO2/c1-7(8-2-3-8)6-16-10-5-4-9(13(17)18)11(14)12(10)15/h4-5,7-8,16H,2-3,6H2,1H3,(H,17,18). The summed E-state index contributed by atoms with van der Waals surface area (Å²) in [6.07, 6.45) is 2.51. The fraction of sp³-hybridized carbons (Fsp3) is 0.462. The van der Waals surface area contributed by atoms with Crippen LogP contribution in [0.25, 0.3) is 0 Å². The van der Waals surface area contributed by atoms with E-state index in [-0.39, 0.29) is 10.0 Å². The largest absolute Gasteiger partial charge is 0.478 e. The lowest BCUT2D eigenvalue weighted by molar-refractivity contribution is 0.0695. The van der Waals surface area contributed by atoms with Gasteiger partial charge in [0.1, 0.15) is 0 Å². The van der Waals surface area contributed by atoms with E-state index in [9.17, 15) is 9.18 Å². The van der Waals surface area contributed by atoms with Crippen LogP contribution in [-0.4, -0.2) is 17.6 Å². The van der Waals surface area contributed by atoms with E-state index < -0.39 is 11.8 Å². The van der Waals surface area contributed by atoms with Gasteiger partial charge in [-0.15, -0.1) is 0 Å². The van der Waals surface area contributed by atoms with E-state index in [0.717, 1.165) is 5.92 Å². The quantitative estimate of drug-likeness (QED) is 0.870. The molecule has 0 heterocycles. The molecule has 0 aliphatic heterocycles. The molecule has 1 saturated carbocycles. The zero-order chi connectivity index (χ0) is 13.3. The van der Waals surface area contributed by atoms with E-state index >= 15 is 0 Å². The van der Waals surface area contributed by atoms with Gasteiger partial charge in [-0.2, -0.15) is 0 Å². The van der Waals surface area contributed by atoms with Gasteiger partial charge in [0.2, 0.25) is 0 Å². The molecule has 0 aromatic heterocycles. The maximum absolute atomic E-state index is 13.9. The Morgan fingerprint density at radius 2 is 2.28 bits per heavy atom. The highest BCUT2D eigenvalue weighted by atomic mass is 79.9. The minimum absolute atomic E-state index is 0.000856. The molecule has 0 amide bonds. The highest BCUT2D eigenvalue weighted by molar-refractivity contribution is 9.10. The van der Waals surface area contributed by atoms with Crippen molar-refractivity contribution in [2.45, 2.75) is 19.8 Å². The number of carboxylic acids is 1. The molecule has 98 valence electrons. The molecule has 0 radical (unpaired) electrons. The lowest BCUT2D eigenvalue weighted by atomic mass is 10.1. The highest BCUT2D eigenvalue weighted by Crippen LogP contribution is 2.36. The van der Waals surface area contributed by atoms with E-state index in [0.29, 0.717) is 18.2 Å². The number of halogens is 2. The van der Waals surface area contributed by atoms with Crippen LogP contribution >= 0.6 is 15.9 Å². The molecule has 5 heteroatoms. The maximum atomic E-state index is 13.9. The second-order valence-corrected chi connectivity index (χ2v) is 5.58. The molecule has 3 nitrogen and oxygen atoms in total. The molecular weight excluding hydrogens is 301 g/mol. The van der Waals surface area contributed by atoms with Crippen molar-refractivity contribution in [1.29, 1.82) is 0 Å². The summed E-state index contributed by atoms with van der Waals surface area (Å²) in [6, 6.07) is 2.88. The fourth-order valence-corrected chi connectivity index (χ4v) is 2.47. The average molecular weight is 316 g/mol. The van der Waals surface area contributed by atoms with Gasteiger partial charge in [-0.1, -0.05) is 6.92 Å². The molecule has 1 fully saturated rings. The third-order valence-corrected chi connectivity index (χ3v) is 4.13. The summed E-state index contributed by atoms with van der Waals surface area (Å²) in [4.78, 5) is 10.8. The zero-order valence-corrected chi connectivity index (χ0v) is 11.6. The second kappa shape index (κ2) is 5.26. The highest BCUT2D eigenvalue weighted by Gasteiger charge is 2.27. The lowest BCUT2D eigenvalue weighted by Crippen LogP contribution is -2.14. The summed E-state index contributed by atoms with van der Waals surface area (Å²) in [6.45, 7) is 2.85. The minimum atomic E-state index is -1.14. The molecule has 0 spiro atoms.